The molecule has 19 heavy (non-hydrogen) atoms. The number of hydrogen-bond donors (Lipinski definition) is 0. The second-order valence-electron chi connectivity index (χ2n) is 4.66. The average Bonchev–Trinajstić information content (AvgIpc) is 2.72. The highest BCUT2D eigenvalue weighted by molar-refractivity contribution is 6.33. The molecule has 2 aromatic rings. The Morgan fingerprint density at radius 3 is 2.26 bits per heavy atom. The van der Waals surface area contributed by atoms with Crippen molar-refractivity contribution in [3.05, 3.63) is 40.8 Å². The third-order valence-electron chi connectivity index (χ3n) is 3.41. The van der Waals surface area contributed by atoms with E-state index in [1.165, 1.54) is 5.69 Å². The normalized spacial score (nSPS) is 10.8. The first-order valence-electron chi connectivity index (χ1n) is 6.68. The van der Waals surface area contributed by atoms with E-state index in [1.807, 2.05) is 26.0 Å². The Bertz CT molecular complexity index is 570. The summed E-state index contributed by atoms with van der Waals surface area (Å²) in [7, 11) is 0. The zero-order valence-corrected chi connectivity index (χ0v) is 12.7. The molecule has 3 heteroatoms. The van der Waals surface area contributed by atoms with Crippen LogP contribution in [0.4, 0.5) is 5.69 Å². The number of nitrogens with zero attached hydrogens (tertiary/aromatic N) is 1. The van der Waals surface area contributed by atoms with Crippen molar-refractivity contribution in [2.24, 2.45) is 0 Å². The molecule has 0 radical (unpaired) electrons. The van der Waals surface area contributed by atoms with Crippen LogP contribution in [0.3, 0.4) is 0 Å². The fourth-order valence-corrected chi connectivity index (χ4v) is 2.62. The van der Waals surface area contributed by atoms with Crippen molar-refractivity contribution >= 4 is 17.3 Å². The molecule has 0 saturated heterocycles. The molecule has 0 aliphatic heterocycles. The molecular weight excluding hydrogens is 258 g/mol. The Hall–Kier alpha value is -1.41. The number of aryl methyl sites for hydroxylation is 2. The smallest absolute Gasteiger partial charge is 0.108 e. The van der Waals surface area contributed by atoms with Crippen molar-refractivity contribution in [1.82, 2.24) is 0 Å². The van der Waals surface area contributed by atoms with Crippen LogP contribution in [-0.4, -0.2) is 13.1 Å². The Kier molecular flexibility index (Phi) is 4.20. The molecule has 0 bridgehead atoms. The zero-order chi connectivity index (χ0) is 14.0. The highest BCUT2D eigenvalue weighted by atomic mass is 35.5. The van der Waals surface area contributed by atoms with Crippen LogP contribution in [0.25, 0.3) is 11.1 Å². The molecule has 0 N–H and O–H groups in total. The fraction of sp³-hybridized carbons (Fsp3) is 0.375. The summed E-state index contributed by atoms with van der Waals surface area (Å²) < 4.78 is 5.60. The first-order chi connectivity index (χ1) is 9.06. The summed E-state index contributed by atoms with van der Waals surface area (Å²) in [4.78, 5) is 2.31. The van der Waals surface area contributed by atoms with E-state index in [1.54, 1.807) is 0 Å². The minimum atomic E-state index is 0.764. The maximum atomic E-state index is 6.34. The van der Waals surface area contributed by atoms with Crippen LogP contribution in [0, 0.1) is 13.8 Å². The monoisotopic (exact) mass is 277 g/mol. The molecule has 0 unspecified atom stereocenters. The number of rotatable bonds is 4. The van der Waals surface area contributed by atoms with E-state index in [0.717, 1.165) is 40.8 Å². The van der Waals surface area contributed by atoms with Crippen molar-refractivity contribution in [2.75, 3.05) is 18.0 Å². The third kappa shape index (κ3) is 2.79. The maximum absolute atomic E-state index is 6.34. The Morgan fingerprint density at radius 1 is 1.05 bits per heavy atom. The summed E-state index contributed by atoms with van der Waals surface area (Å²) in [6, 6.07) is 8.22. The summed E-state index contributed by atoms with van der Waals surface area (Å²) in [5.41, 5.74) is 3.32. The Morgan fingerprint density at radius 2 is 1.74 bits per heavy atom. The van der Waals surface area contributed by atoms with Gasteiger partial charge >= 0.3 is 0 Å². The van der Waals surface area contributed by atoms with Gasteiger partial charge < -0.3 is 9.32 Å². The molecule has 0 fully saturated rings. The predicted molar refractivity (Wildman–Crippen MR) is 82.2 cm³/mol. The average molecular weight is 278 g/mol. The van der Waals surface area contributed by atoms with Crippen molar-refractivity contribution in [3.63, 3.8) is 0 Å². The molecule has 102 valence electrons. The lowest BCUT2D eigenvalue weighted by Gasteiger charge is -2.22. The summed E-state index contributed by atoms with van der Waals surface area (Å²) in [6.45, 7) is 10.2. The SMILES string of the molecule is CCN(CC)c1ccc(Cl)c(-c2cc(C)oc2C)c1. The van der Waals surface area contributed by atoms with Crippen LogP contribution < -0.4 is 4.90 Å². The van der Waals surface area contributed by atoms with Crippen molar-refractivity contribution in [2.45, 2.75) is 27.7 Å². The number of hydrogen-bond acceptors (Lipinski definition) is 2. The molecule has 2 rings (SSSR count). The maximum Gasteiger partial charge on any atom is 0.108 e. The molecule has 0 amide bonds. The van der Waals surface area contributed by atoms with E-state index < -0.39 is 0 Å². The van der Waals surface area contributed by atoms with Gasteiger partial charge in [-0.05, 0) is 52.0 Å². The van der Waals surface area contributed by atoms with Gasteiger partial charge in [-0.1, -0.05) is 11.6 Å². The lowest BCUT2D eigenvalue weighted by Crippen LogP contribution is -2.21. The summed E-state index contributed by atoms with van der Waals surface area (Å²) in [6.07, 6.45) is 0. The van der Waals surface area contributed by atoms with Crippen LogP contribution in [0.5, 0.6) is 0 Å². The highest BCUT2D eigenvalue weighted by Gasteiger charge is 2.13. The van der Waals surface area contributed by atoms with Gasteiger partial charge in [-0.3, -0.25) is 0 Å². The van der Waals surface area contributed by atoms with Crippen LogP contribution in [-0.2, 0) is 0 Å². The number of halogens is 1. The quantitative estimate of drug-likeness (QED) is 0.776. The molecule has 1 heterocycles. The van der Waals surface area contributed by atoms with Gasteiger partial charge in [-0.15, -0.1) is 0 Å². The number of furan rings is 1. The second-order valence-corrected chi connectivity index (χ2v) is 5.07. The second kappa shape index (κ2) is 5.70. The molecule has 1 aromatic heterocycles. The first kappa shape index (κ1) is 14.0. The molecule has 2 nitrogen and oxygen atoms in total. The van der Waals surface area contributed by atoms with E-state index in [0.29, 0.717) is 0 Å². The molecule has 1 aromatic carbocycles. The molecule has 0 spiro atoms. The van der Waals surface area contributed by atoms with Gasteiger partial charge in [0.1, 0.15) is 11.5 Å². The Balaban J connectivity index is 2.51. The van der Waals surface area contributed by atoms with Gasteiger partial charge in [-0.2, -0.15) is 0 Å². The largest absolute Gasteiger partial charge is 0.466 e. The standard InChI is InChI=1S/C16H20ClNO/c1-5-18(6-2)13-7-8-16(17)15(10-13)14-9-11(3)19-12(14)4/h7-10H,5-6H2,1-4H3. The minimum absolute atomic E-state index is 0.764. The van der Waals surface area contributed by atoms with Crippen molar-refractivity contribution < 1.29 is 4.42 Å². The first-order valence-corrected chi connectivity index (χ1v) is 7.06. The molecule has 0 aliphatic carbocycles. The summed E-state index contributed by atoms with van der Waals surface area (Å²) >= 11 is 6.34. The van der Waals surface area contributed by atoms with Crippen molar-refractivity contribution in [3.8, 4) is 11.1 Å². The van der Waals surface area contributed by atoms with Crippen molar-refractivity contribution in [1.29, 1.82) is 0 Å². The Labute approximate surface area is 120 Å². The van der Waals surface area contributed by atoms with Crippen LogP contribution in [0.15, 0.2) is 28.7 Å². The van der Waals surface area contributed by atoms with Crippen LogP contribution >= 0.6 is 11.6 Å². The van der Waals surface area contributed by atoms with E-state index in [2.05, 4.69) is 30.9 Å². The van der Waals surface area contributed by atoms with Crippen LogP contribution in [0.2, 0.25) is 5.02 Å². The van der Waals surface area contributed by atoms with Gasteiger partial charge in [0.25, 0.3) is 0 Å². The van der Waals surface area contributed by atoms with E-state index in [4.69, 9.17) is 16.0 Å². The summed E-state index contributed by atoms with van der Waals surface area (Å²) in [5, 5.41) is 0.764. The topological polar surface area (TPSA) is 16.4 Å². The van der Waals surface area contributed by atoms with Gasteiger partial charge in [0.05, 0.1) is 0 Å². The van der Waals surface area contributed by atoms with Crippen LogP contribution in [0.1, 0.15) is 25.4 Å². The summed E-state index contributed by atoms with van der Waals surface area (Å²) in [5.74, 6) is 1.83. The minimum Gasteiger partial charge on any atom is -0.466 e. The molecule has 0 atom stereocenters. The van der Waals surface area contributed by atoms with E-state index in [-0.39, 0.29) is 0 Å². The van der Waals surface area contributed by atoms with Gasteiger partial charge in [0.2, 0.25) is 0 Å². The van der Waals surface area contributed by atoms with Gasteiger partial charge in [-0.25, -0.2) is 0 Å². The zero-order valence-electron chi connectivity index (χ0n) is 12.0. The van der Waals surface area contributed by atoms with Gasteiger partial charge in [0.15, 0.2) is 0 Å². The highest BCUT2D eigenvalue weighted by Crippen LogP contribution is 2.35. The van der Waals surface area contributed by atoms with E-state index >= 15 is 0 Å². The lowest BCUT2D eigenvalue weighted by atomic mass is 10.0. The molecule has 0 aliphatic rings. The van der Waals surface area contributed by atoms with Gasteiger partial charge in [0, 0.05) is 34.9 Å². The fourth-order valence-electron chi connectivity index (χ4n) is 2.40. The third-order valence-corrected chi connectivity index (χ3v) is 3.74. The lowest BCUT2D eigenvalue weighted by molar-refractivity contribution is 0.505. The molecule has 0 saturated carbocycles. The molecular formula is C16H20ClNO. The number of anilines is 1. The predicted octanol–water partition coefficient (Wildman–Crippen LogP) is 5.06. The van der Waals surface area contributed by atoms with E-state index in [9.17, 15) is 0 Å². The number of benzene rings is 1.